The summed E-state index contributed by atoms with van der Waals surface area (Å²) in [5.74, 6) is -0.366. The van der Waals surface area contributed by atoms with E-state index in [1.807, 2.05) is 6.92 Å². The van der Waals surface area contributed by atoms with Crippen LogP contribution in [-0.4, -0.2) is 29.9 Å². The lowest BCUT2D eigenvalue weighted by atomic mass is 10.3. The van der Waals surface area contributed by atoms with Gasteiger partial charge in [-0.15, -0.1) is 11.3 Å². The van der Waals surface area contributed by atoms with Crippen molar-refractivity contribution in [3.63, 3.8) is 0 Å². The van der Waals surface area contributed by atoms with Crippen molar-refractivity contribution in [2.45, 2.75) is 19.9 Å². The average molecular weight is 256 g/mol. The van der Waals surface area contributed by atoms with Crippen molar-refractivity contribution in [2.24, 2.45) is 5.73 Å². The Kier molecular flexibility index (Phi) is 5.05. The first-order chi connectivity index (χ1) is 8.04. The Labute approximate surface area is 104 Å². The van der Waals surface area contributed by atoms with Gasteiger partial charge in [0.2, 0.25) is 5.91 Å². The van der Waals surface area contributed by atoms with Crippen LogP contribution in [0.5, 0.6) is 0 Å². The number of nitrogens with zero attached hydrogens (tertiary/aromatic N) is 1. The number of aromatic nitrogens is 1. The Hall–Kier alpha value is -1.47. The van der Waals surface area contributed by atoms with Crippen molar-refractivity contribution < 1.29 is 9.59 Å². The highest BCUT2D eigenvalue weighted by Crippen LogP contribution is 2.17. The maximum atomic E-state index is 11.6. The van der Waals surface area contributed by atoms with Crippen molar-refractivity contribution >= 4 is 23.2 Å². The highest BCUT2D eigenvalue weighted by atomic mass is 32.1. The van der Waals surface area contributed by atoms with Crippen LogP contribution in [0.1, 0.15) is 35.4 Å². The SMILES string of the molecule is CC(=O)NC(C)c1nc(C(=O)NCCN)cs1. The fourth-order valence-electron chi connectivity index (χ4n) is 1.23. The second-order valence-electron chi connectivity index (χ2n) is 3.54. The van der Waals surface area contributed by atoms with Gasteiger partial charge in [0.15, 0.2) is 0 Å². The maximum absolute atomic E-state index is 11.6. The molecule has 0 radical (unpaired) electrons. The predicted molar refractivity (Wildman–Crippen MR) is 65.7 cm³/mol. The summed E-state index contributed by atoms with van der Waals surface area (Å²) in [6, 6.07) is -0.187. The molecule has 0 saturated heterocycles. The molecule has 7 heteroatoms. The van der Waals surface area contributed by atoms with E-state index in [9.17, 15) is 9.59 Å². The van der Waals surface area contributed by atoms with E-state index in [0.717, 1.165) is 0 Å². The standard InChI is InChI=1S/C10H16N4O2S/c1-6(13-7(2)15)10-14-8(5-17-10)9(16)12-4-3-11/h5-6H,3-4,11H2,1-2H3,(H,12,16)(H,13,15). The first-order valence-corrected chi connectivity index (χ1v) is 6.13. The van der Waals surface area contributed by atoms with E-state index in [1.165, 1.54) is 18.3 Å². The van der Waals surface area contributed by atoms with E-state index >= 15 is 0 Å². The minimum Gasteiger partial charge on any atom is -0.349 e. The van der Waals surface area contributed by atoms with E-state index in [4.69, 9.17) is 5.73 Å². The van der Waals surface area contributed by atoms with Gasteiger partial charge in [0.25, 0.3) is 5.91 Å². The largest absolute Gasteiger partial charge is 0.349 e. The van der Waals surface area contributed by atoms with Crippen molar-refractivity contribution in [1.29, 1.82) is 0 Å². The first kappa shape index (κ1) is 13.6. The molecule has 0 aromatic carbocycles. The van der Waals surface area contributed by atoms with Gasteiger partial charge in [0.05, 0.1) is 6.04 Å². The summed E-state index contributed by atoms with van der Waals surface area (Å²) in [4.78, 5) is 26.6. The van der Waals surface area contributed by atoms with Crippen LogP contribution in [0.25, 0.3) is 0 Å². The van der Waals surface area contributed by atoms with Gasteiger partial charge in [-0.2, -0.15) is 0 Å². The Morgan fingerprint density at radius 1 is 1.59 bits per heavy atom. The number of thiazole rings is 1. The number of hydrogen-bond donors (Lipinski definition) is 3. The molecule has 2 amide bonds. The van der Waals surface area contributed by atoms with Crippen molar-refractivity contribution in [3.8, 4) is 0 Å². The summed E-state index contributed by atoms with van der Waals surface area (Å²) in [6.07, 6.45) is 0. The van der Waals surface area contributed by atoms with Gasteiger partial charge >= 0.3 is 0 Å². The zero-order valence-corrected chi connectivity index (χ0v) is 10.6. The van der Waals surface area contributed by atoms with E-state index < -0.39 is 0 Å². The molecule has 0 fully saturated rings. The second kappa shape index (κ2) is 6.31. The number of amides is 2. The summed E-state index contributed by atoms with van der Waals surface area (Å²) >= 11 is 1.34. The molecule has 1 atom stereocenters. The molecule has 1 rings (SSSR count). The lowest BCUT2D eigenvalue weighted by Gasteiger charge is -2.08. The van der Waals surface area contributed by atoms with Crippen LogP contribution in [0.2, 0.25) is 0 Å². The molecular weight excluding hydrogens is 240 g/mol. The van der Waals surface area contributed by atoms with Gasteiger partial charge < -0.3 is 16.4 Å². The minimum atomic E-state index is -0.243. The third-order valence-corrected chi connectivity index (χ3v) is 3.00. The van der Waals surface area contributed by atoms with Crippen LogP contribution in [0.4, 0.5) is 0 Å². The highest BCUT2D eigenvalue weighted by molar-refractivity contribution is 7.09. The lowest BCUT2D eigenvalue weighted by molar-refractivity contribution is -0.119. The molecule has 1 aromatic rings. The third kappa shape index (κ3) is 4.12. The van der Waals surface area contributed by atoms with Gasteiger partial charge in [-0.25, -0.2) is 4.98 Å². The molecule has 1 unspecified atom stereocenters. The first-order valence-electron chi connectivity index (χ1n) is 5.25. The second-order valence-corrected chi connectivity index (χ2v) is 4.43. The van der Waals surface area contributed by atoms with Gasteiger partial charge in [-0.05, 0) is 6.92 Å². The number of carbonyl (C=O) groups is 2. The van der Waals surface area contributed by atoms with Crippen LogP contribution in [0, 0.1) is 0 Å². The smallest absolute Gasteiger partial charge is 0.270 e. The lowest BCUT2D eigenvalue weighted by Crippen LogP contribution is -2.29. The molecule has 4 N–H and O–H groups in total. The summed E-state index contributed by atoms with van der Waals surface area (Å²) in [6.45, 7) is 4.08. The number of rotatable bonds is 5. The quantitative estimate of drug-likeness (QED) is 0.692. The fraction of sp³-hybridized carbons (Fsp3) is 0.500. The molecule has 0 aliphatic rings. The molecule has 0 spiro atoms. The van der Waals surface area contributed by atoms with Gasteiger partial charge in [0.1, 0.15) is 10.7 Å². The zero-order valence-electron chi connectivity index (χ0n) is 9.82. The average Bonchev–Trinajstić information content (AvgIpc) is 2.74. The molecule has 0 saturated carbocycles. The Balaban J connectivity index is 2.64. The van der Waals surface area contributed by atoms with E-state index in [0.29, 0.717) is 23.8 Å². The molecule has 1 heterocycles. The van der Waals surface area contributed by atoms with Crippen molar-refractivity contribution in [2.75, 3.05) is 13.1 Å². The normalized spacial score (nSPS) is 11.9. The molecule has 0 bridgehead atoms. The number of nitrogens with two attached hydrogens (primary N) is 1. The highest BCUT2D eigenvalue weighted by Gasteiger charge is 2.14. The molecule has 94 valence electrons. The van der Waals surface area contributed by atoms with Crippen LogP contribution in [0.15, 0.2) is 5.38 Å². The summed E-state index contributed by atoms with van der Waals surface area (Å²) in [7, 11) is 0. The van der Waals surface area contributed by atoms with Crippen LogP contribution in [0.3, 0.4) is 0 Å². The minimum absolute atomic E-state index is 0.123. The fourth-order valence-corrected chi connectivity index (χ4v) is 2.04. The number of carbonyl (C=O) groups excluding carboxylic acids is 2. The zero-order chi connectivity index (χ0) is 12.8. The predicted octanol–water partition coefficient (Wildman–Crippen LogP) is 0.0287. The molecule has 17 heavy (non-hydrogen) atoms. The van der Waals surface area contributed by atoms with E-state index in [-0.39, 0.29) is 17.9 Å². The molecule has 1 aromatic heterocycles. The monoisotopic (exact) mass is 256 g/mol. The summed E-state index contributed by atoms with van der Waals surface area (Å²) < 4.78 is 0. The summed E-state index contributed by atoms with van der Waals surface area (Å²) in [5.41, 5.74) is 5.64. The van der Waals surface area contributed by atoms with Gasteiger partial charge in [-0.1, -0.05) is 0 Å². The Morgan fingerprint density at radius 2 is 2.29 bits per heavy atom. The third-order valence-electron chi connectivity index (χ3n) is 1.97. The van der Waals surface area contributed by atoms with Crippen LogP contribution in [-0.2, 0) is 4.79 Å². The number of nitrogens with one attached hydrogen (secondary N) is 2. The van der Waals surface area contributed by atoms with E-state index in [2.05, 4.69) is 15.6 Å². The summed E-state index contributed by atoms with van der Waals surface area (Å²) in [5, 5.41) is 7.72. The van der Waals surface area contributed by atoms with Gasteiger partial charge in [0, 0.05) is 25.4 Å². The maximum Gasteiger partial charge on any atom is 0.270 e. The molecule has 6 nitrogen and oxygen atoms in total. The Morgan fingerprint density at radius 3 is 2.88 bits per heavy atom. The van der Waals surface area contributed by atoms with Crippen LogP contribution < -0.4 is 16.4 Å². The van der Waals surface area contributed by atoms with E-state index in [1.54, 1.807) is 5.38 Å². The molecular formula is C10H16N4O2S. The van der Waals surface area contributed by atoms with Gasteiger partial charge in [-0.3, -0.25) is 9.59 Å². The van der Waals surface area contributed by atoms with Crippen molar-refractivity contribution in [3.05, 3.63) is 16.1 Å². The van der Waals surface area contributed by atoms with Crippen molar-refractivity contribution in [1.82, 2.24) is 15.6 Å². The topological polar surface area (TPSA) is 97.1 Å². The number of hydrogen-bond acceptors (Lipinski definition) is 5. The van der Waals surface area contributed by atoms with Crippen LogP contribution >= 0.6 is 11.3 Å². The Bertz CT molecular complexity index is 405. The molecule has 0 aliphatic carbocycles. The molecule has 0 aliphatic heterocycles.